The zero-order valence-corrected chi connectivity index (χ0v) is 22.2. The summed E-state index contributed by atoms with van der Waals surface area (Å²) in [5.41, 5.74) is 11.1. The Kier molecular flexibility index (Phi) is 7.90. The molecular formula is C30H36FN5O2. The van der Waals surface area contributed by atoms with E-state index in [4.69, 9.17) is 10.5 Å². The number of amides is 1. The molecule has 4 aromatic rings. The first kappa shape index (κ1) is 26.1. The Morgan fingerprint density at radius 2 is 1.97 bits per heavy atom. The zero-order chi connectivity index (χ0) is 26.6. The largest absolute Gasteiger partial charge is 0.383 e. The third-order valence-electron chi connectivity index (χ3n) is 7.59. The number of ether oxygens (including phenoxy) is 1. The molecule has 1 aliphatic heterocycles. The Labute approximate surface area is 223 Å². The lowest BCUT2D eigenvalue weighted by Gasteiger charge is -2.32. The van der Waals surface area contributed by atoms with Crippen molar-refractivity contribution in [3.05, 3.63) is 77.5 Å². The summed E-state index contributed by atoms with van der Waals surface area (Å²) in [4.78, 5) is 15.9. The van der Waals surface area contributed by atoms with Crippen LogP contribution in [-0.2, 0) is 24.4 Å². The van der Waals surface area contributed by atoms with E-state index in [9.17, 15) is 9.18 Å². The molecule has 1 fully saturated rings. The van der Waals surface area contributed by atoms with Gasteiger partial charge in [-0.2, -0.15) is 5.10 Å². The van der Waals surface area contributed by atoms with Gasteiger partial charge in [0, 0.05) is 68.7 Å². The van der Waals surface area contributed by atoms with Crippen LogP contribution in [0.5, 0.6) is 0 Å². The number of halogens is 1. The summed E-state index contributed by atoms with van der Waals surface area (Å²) >= 11 is 0. The van der Waals surface area contributed by atoms with Gasteiger partial charge in [0.15, 0.2) is 0 Å². The number of likely N-dealkylation sites (tertiary alicyclic amines) is 1. The highest BCUT2D eigenvalue weighted by molar-refractivity contribution is 6.12. The van der Waals surface area contributed by atoms with Gasteiger partial charge in [0.25, 0.3) is 5.91 Å². The molecular weight excluding hydrogens is 481 g/mol. The van der Waals surface area contributed by atoms with Crippen molar-refractivity contribution in [3.63, 3.8) is 0 Å². The molecule has 1 saturated heterocycles. The van der Waals surface area contributed by atoms with E-state index in [-0.39, 0.29) is 17.6 Å². The topological polar surface area (TPSA) is 78.3 Å². The van der Waals surface area contributed by atoms with E-state index in [1.54, 1.807) is 13.2 Å². The molecule has 0 radical (unpaired) electrons. The van der Waals surface area contributed by atoms with Crippen LogP contribution >= 0.6 is 0 Å². The summed E-state index contributed by atoms with van der Waals surface area (Å²) in [6.07, 6.45) is 8.32. The molecule has 2 aromatic heterocycles. The first-order chi connectivity index (χ1) is 18.5. The minimum atomic E-state index is -0.193. The molecule has 2 aromatic carbocycles. The third-order valence-corrected chi connectivity index (χ3v) is 7.59. The van der Waals surface area contributed by atoms with E-state index < -0.39 is 0 Å². The molecule has 0 bridgehead atoms. The highest BCUT2D eigenvalue weighted by Gasteiger charge is 2.29. The zero-order valence-electron chi connectivity index (χ0n) is 22.2. The van der Waals surface area contributed by atoms with Crippen molar-refractivity contribution in [1.82, 2.24) is 19.2 Å². The van der Waals surface area contributed by atoms with Gasteiger partial charge in [-0.3, -0.25) is 9.48 Å². The quantitative estimate of drug-likeness (QED) is 0.332. The van der Waals surface area contributed by atoms with Gasteiger partial charge < -0.3 is 19.9 Å². The van der Waals surface area contributed by atoms with E-state index in [0.717, 1.165) is 53.4 Å². The molecule has 1 amide bonds. The average molecular weight is 518 g/mol. The third kappa shape index (κ3) is 5.11. The number of aryl methyl sites for hydroxylation is 1. The number of aromatic nitrogens is 3. The SMILES string of the molecule is CCCn1cc(-c2cccc3c2c(C(=O)N2CCC(c4cc(CN)ccc4F)CC2)cn3CCOC)cn1. The first-order valence-electron chi connectivity index (χ1n) is 13.4. The van der Waals surface area contributed by atoms with Crippen molar-refractivity contribution >= 4 is 16.8 Å². The summed E-state index contributed by atoms with van der Waals surface area (Å²) in [6.45, 7) is 5.72. The van der Waals surface area contributed by atoms with Crippen molar-refractivity contribution in [2.75, 3.05) is 26.8 Å². The van der Waals surface area contributed by atoms with Crippen LogP contribution < -0.4 is 5.73 Å². The van der Waals surface area contributed by atoms with Crippen LogP contribution in [0.3, 0.4) is 0 Å². The molecule has 200 valence electrons. The van der Waals surface area contributed by atoms with Crippen molar-refractivity contribution < 1.29 is 13.9 Å². The number of methoxy groups -OCH3 is 1. The van der Waals surface area contributed by atoms with Crippen molar-refractivity contribution in [1.29, 1.82) is 0 Å². The number of piperidine rings is 1. The molecule has 38 heavy (non-hydrogen) atoms. The van der Waals surface area contributed by atoms with Crippen molar-refractivity contribution in [3.8, 4) is 11.1 Å². The van der Waals surface area contributed by atoms with Crippen LogP contribution in [0.1, 0.15) is 53.6 Å². The Hall–Kier alpha value is -3.49. The molecule has 1 aliphatic rings. The fraction of sp³-hybridized carbons (Fsp3) is 0.400. The number of rotatable bonds is 9. The Bertz CT molecular complexity index is 1420. The highest BCUT2D eigenvalue weighted by Crippen LogP contribution is 2.35. The number of nitrogens with zero attached hydrogens (tertiary/aromatic N) is 4. The van der Waals surface area contributed by atoms with E-state index in [0.29, 0.717) is 43.9 Å². The molecule has 3 heterocycles. The second-order valence-electron chi connectivity index (χ2n) is 10.0. The fourth-order valence-electron chi connectivity index (χ4n) is 5.58. The Balaban J connectivity index is 1.45. The lowest BCUT2D eigenvalue weighted by atomic mass is 9.88. The van der Waals surface area contributed by atoms with Crippen LogP contribution in [0.25, 0.3) is 22.0 Å². The monoisotopic (exact) mass is 517 g/mol. The summed E-state index contributed by atoms with van der Waals surface area (Å²) in [7, 11) is 1.68. The number of nitrogens with two attached hydrogens (primary N) is 1. The van der Waals surface area contributed by atoms with Gasteiger partial charge in [-0.15, -0.1) is 0 Å². The Morgan fingerprint density at radius 1 is 1.16 bits per heavy atom. The van der Waals surface area contributed by atoms with Crippen LogP contribution in [0, 0.1) is 5.82 Å². The molecule has 8 heteroatoms. The number of hydrogen-bond donors (Lipinski definition) is 1. The van der Waals surface area contributed by atoms with Gasteiger partial charge >= 0.3 is 0 Å². The molecule has 0 unspecified atom stereocenters. The van der Waals surface area contributed by atoms with Crippen LogP contribution in [0.15, 0.2) is 55.0 Å². The van der Waals surface area contributed by atoms with Gasteiger partial charge in [0.05, 0.1) is 18.4 Å². The van der Waals surface area contributed by atoms with E-state index in [1.807, 2.05) is 34.1 Å². The first-order valence-corrected chi connectivity index (χ1v) is 13.4. The maximum atomic E-state index is 14.6. The lowest BCUT2D eigenvalue weighted by Crippen LogP contribution is -2.38. The van der Waals surface area contributed by atoms with Gasteiger partial charge in [-0.25, -0.2) is 4.39 Å². The highest BCUT2D eigenvalue weighted by atomic mass is 19.1. The van der Waals surface area contributed by atoms with Crippen LogP contribution in [0.4, 0.5) is 4.39 Å². The molecule has 5 rings (SSSR count). The van der Waals surface area contributed by atoms with Gasteiger partial charge in [0.2, 0.25) is 0 Å². The molecule has 0 atom stereocenters. The average Bonchev–Trinajstić information content (AvgIpc) is 3.57. The Morgan fingerprint density at radius 3 is 2.71 bits per heavy atom. The van der Waals surface area contributed by atoms with Crippen LogP contribution in [0.2, 0.25) is 0 Å². The second kappa shape index (κ2) is 11.5. The van der Waals surface area contributed by atoms with Gasteiger partial charge in [-0.1, -0.05) is 31.2 Å². The minimum absolute atomic E-state index is 0.00852. The summed E-state index contributed by atoms with van der Waals surface area (Å²) in [6, 6.07) is 11.3. The molecule has 0 aliphatic carbocycles. The lowest BCUT2D eigenvalue weighted by molar-refractivity contribution is 0.0714. The maximum absolute atomic E-state index is 14.6. The van der Waals surface area contributed by atoms with Crippen molar-refractivity contribution in [2.24, 2.45) is 5.73 Å². The standard InChI is InChI=1S/C30H36FN5O2/c1-3-11-36-19-23(18-33-36)24-5-4-6-28-29(24)26(20-35(28)14-15-38-2)30(37)34-12-9-22(10-13-34)25-16-21(17-32)7-8-27(25)31/h4-8,16,18-20,22H,3,9-15,17,32H2,1-2H3. The van der Waals surface area contributed by atoms with E-state index in [2.05, 4.69) is 34.9 Å². The molecule has 0 saturated carbocycles. The number of carbonyl (C=O) groups excluding carboxylic acids is 1. The number of hydrogen-bond acceptors (Lipinski definition) is 4. The molecule has 7 nitrogen and oxygen atoms in total. The smallest absolute Gasteiger partial charge is 0.256 e. The van der Waals surface area contributed by atoms with Crippen molar-refractivity contribution in [2.45, 2.75) is 51.7 Å². The van der Waals surface area contributed by atoms with Crippen LogP contribution in [-0.4, -0.2) is 52.0 Å². The summed E-state index contributed by atoms with van der Waals surface area (Å²) < 4.78 is 24.0. The minimum Gasteiger partial charge on any atom is -0.383 e. The maximum Gasteiger partial charge on any atom is 0.256 e. The molecule has 2 N–H and O–H groups in total. The predicted octanol–water partition coefficient (Wildman–Crippen LogP) is 5.18. The second-order valence-corrected chi connectivity index (χ2v) is 10.0. The summed E-state index contributed by atoms with van der Waals surface area (Å²) in [5, 5.41) is 5.46. The number of carbonyl (C=O) groups is 1. The van der Waals surface area contributed by atoms with Gasteiger partial charge in [0.1, 0.15) is 5.82 Å². The van der Waals surface area contributed by atoms with E-state index >= 15 is 0 Å². The van der Waals surface area contributed by atoms with E-state index in [1.165, 1.54) is 6.07 Å². The number of benzene rings is 2. The predicted molar refractivity (Wildman–Crippen MR) is 147 cm³/mol. The van der Waals surface area contributed by atoms with Gasteiger partial charge in [-0.05, 0) is 54.0 Å². The fourth-order valence-corrected chi connectivity index (χ4v) is 5.58. The normalized spacial score (nSPS) is 14.5. The summed E-state index contributed by atoms with van der Waals surface area (Å²) in [5.74, 6) is -0.107. The molecule has 0 spiro atoms. The number of fused-ring (bicyclic) bond motifs is 1.